The fourth-order valence-corrected chi connectivity index (χ4v) is 2.57. The maximum atomic E-state index is 6.06. The minimum absolute atomic E-state index is 0.909. The summed E-state index contributed by atoms with van der Waals surface area (Å²) >= 11 is 0. The number of hydrogen-bond acceptors (Lipinski definition) is 2. The van der Waals surface area contributed by atoms with Crippen LogP contribution in [-0.4, -0.2) is 11.1 Å². The van der Waals surface area contributed by atoms with Gasteiger partial charge in [0.25, 0.3) is 0 Å². The highest BCUT2D eigenvalue weighted by atomic mass is 15.0. The van der Waals surface area contributed by atoms with Crippen LogP contribution < -0.4 is 11.1 Å². The van der Waals surface area contributed by atoms with Crippen LogP contribution in [-0.2, 0) is 20.0 Å². The highest BCUT2D eigenvalue weighted by Crippen LogP contribution is 2.31. The molecule has 3 nitrogen and oxygen atoms in total. The molecule has 0 saturated carbocycles. The molecule has 3 rings (SSSR count). The number of anilines is 1. The van der Waals surface area contributed by atoms with Gasteiger partial charge in [0.1, 0.15) is 0 Å². The van der Waals surface area contributed by atoms with Gasteiger partial charge in [0.15, 0.2) is 0 Å². The Bertz CT molecular complexity index is 525. The number of aryl methyl sites for hydroxylation is 1. The zero-order chi connectivity index (χ0) is 10.4. The molecule has 1 aliphatic rings. The largest absolute Gasteiger partial charge is 0.398 e. The quantitative estimate of drug-likeness (QED) is 0.633. The van der Waals surface area contributed by atoms with Crippen LogP contribution in [0.25, 0.3) is 10.9 Å². The van der Waals surface area contributed by atoms with Crippen LogP contribution in [0.4, 0.5) is 5.69 Å². The molecule has 1 aromatic carbocycles. The van der Waals surface area contributed by atoms with E-state index < -0.39 is 0 Å². The second-order valence-corrected chi connectivity index (χ2v) is 4.15. The lowest BCUT2D eigenvalue weighted by atomic mass is 10.0. The molecular formula is C12H15N3. The number of nitrogens with two attached hydrogens (primary N) is 1. The van der Waals surface area contributed by atoms with Gasteiger partial charge in [0.05, 0.1) is 5.52 Å². The first kappa shape index (κ1) is 8.80. The molecule has 0 amide bonds. The van der Waals surface area contributed by atoms with Crippen molar-refractivity contribution in [2.45, 2.75) is 13.0 Å². The SMILES string of the molecule is Cn1c2c(c3c(N)cccc31)CCNC2. The van der Waals surface area contributed by atoms with E-state index >= 15 is 0 Å². The molecule has 78 valence electrons. The van der Waals surface area contributed by atoms with E-state index in [1.54, 1.807) is 0 Å². The van der Waals surface area contributed by atoms with Crippen LogP contribution in [0.15, 0.2) is 18.2 Å². The van der Waals surface area contributed by atoms with Crippen molar-refractivity contribution in [3.63, 3.8) is 0 Å². The Labute approximate surface area is 88.9 Å². The van der Waals surface area contributed by atoms with Gasteiger partial charge in [0.2, 0.25) is 0 Å². The van der Waals surface area contributed by atoms with Gasteiger partial charge in [-0.1, -0.05) is 6.07 Å². The molecule has 0 aliphatic carbocycles. The van der Waals surface area contributed by atoms with Crippen molar-refractivity contribution in [2.24, 2.45) is 7.05 Å². The zero-order valence-corrected chi connectivity index (χ0v) is 8.88. The van der Waals surface area contributed by atoms with E-state index in [9.17, 15) is 0 Å². The average molecular weight is 201 g/mol. The lowest BCUT2D eigenvalue weighted by molar-refractivity contribution is 0.614. The van der Waals surface area contributed by atoms with E-state index in [1.807, 2.05) is 12.1 Å². The zero-order valence-electron chi connectivity index (χ0n) is 8.88. The van der Waals surface area contributed by atoms with Crippen LogP contribution in [0.2, 0.25) is 0 Å². The number of hydrogen-bond donors (Lipinski definition) is 2. The van der Waals surface area contributed by atoms with Gasteiger partial charge in [-0.15, -0.1) is 0 Å². The van der Waals surface area contributed by atoms with Crippen molar-refractivity contribution in [2.75, 3.05) is 12.3 Å². The lowest BCUT2D eigenvalue weighted by Gasteiger charge is -2.14. The summed E-state index contributed by atoms with van der Waals surface area (Å²) in [5.41, 5.74) is 11.0. The summed E-state index contributed by atoms with van der Waals surface area (Å²) < 4.78 is 2.26. The van der Waals surface area contributed by atoms with E-state index in [0.29, 0.717) is 0 Å². The van der Waals surface area contributed by atoms with E-state index in [1.165, 1.54) is 22.2 Å². The first-order chi connectivity index (χ1) is 7.29. The van der Waals surface area contributed by atoms with Crippen molar-refractivity contribution >= 4 is 16.6 Å². The van der Waals surface area contributed by atoms with Crippen LogP contribution in [0, 0.1) is 0 Å². The molecule has 1 aliphatic heterocycles. The molecule has 0 unspecified atom stereocenters. The molecular weight excluding hydrogens is 186 g/mol. The molecule has 0 bridgehead atoms. The Morgan fingerprint density at radius 3 is 3.13 bits per heavy atom. The summed E-state index contributed by atoms with van der Waals surface area (Å²) in [6.07, 6.45) is 1.08. The minimum Gasteiger partial charge on any atom is -0.398 e. The van der Waals surface area contributed by atoms with Gasteiger partial charge >= 0.3 is 0 Å². The van der Waals surface area contributed by atoms with Gasteiger partial charge < -0.3 is 15.6 Å². The molecule has 0 radical (unpaired) electrons. The smallest absolute Gasteiger partial charge is 0.0504 e. The number of nitrogens with zero attached hydrogens (tertiary/aromatic N) is 1. The number of benzene rings is 1. The fraction of sp³-hybridized carbons (Fsp3) is 0.333. The van der Waals surface area contributed by atoms with Crippen LogP contribution in [0.3, 0.4) is 0 Å². The Morgan fingerprint density at radius 2 is 2.27 bits per heavy atom. The summed E-state index contributed by atoms with van der Waals surface area (Å²) in [5.74, 6) is 0. The van der Waals surface area contributed by atoms with Crippen LogP contribution in [0.5, 0.6) is 0 Å². The molecule has 0 spiro atoms. The summed E-state index contributed by atoms with van der Waals surface area (Å²) in [4.78, 5) is 0. The van der Waals surface area contributed by atoms with Crippen LogP contribution in [0.1, 0.15) is 11.3 Å². The number of nitrogens with one attached hydrogen (secondary N) is 1. The first-order valence-electron chi connectivity index (χ1n) is 5.34. The van der Waals surface area contributed by atoms with Crippen molar-refractivity contribution in [1.29, 1.82) is 0 Å². The molecule has 1 aromatic heterocycles. The number of fused-ring (bicyclic) bond motifs is 3. The average Bonchev–Trinajstić information content (AvgIpc) is 2.55. The highest BCUT2D eigenvalue weighted by Gasteiger charge is 2.18. The summed E-state index contributed by atoms with van der Waals surface area (Å²) in [6.45, 7) is 2.01. The molecule has 2 aromatic rings. The van der Waals surface area contributed by atoms with Crippen molar-refractivity contribution in [3.05, 3.63) is 29.5 Å². The van der Waals surface area contributed by atoms with E-state index in [0.717, 1.165) is 25.2 Å². The molecule has 15 heavy (non-hydrogen) atoms. The molecule has 0 saturated heterocycles. The second-order valence-electron chi connectivity index (χ2n) is 4.15. The molecule has 0 fully saturated rings. The van der Waals surface area contributed by atoms with Crippen molar-refractivity contribution < 1.29 is 0 Å². The van der Waals surface area contributed by atoms with E-state index in [2.05, 4.69) is 23.0 Å². The summed E-state index contributed by atoms with van der Waals surface area (Å²) in [6, 6.07) is 6.16. The number of aromatic nitrogens is 1. The predicted octanol–water partition coefficient (Wildman–Crippen LogP) is 1.41. The fourth-order valence-electron chi connectivity index (χ4n) is 2.57. The monoisotopic (exact) mass is 201 g/mol. The first-order valence-corrected chi connectivity index (χ1v) is 5.34. The third-order valence-corrected chi connectivity index (χ3v) is 3.34. The van der Waals surface area contributed by atoms with Gasteiger partial charge in [-0.2, -0.15) is 0 Å². The van der Waals surface area contributed by atoms with Gasteiger partial charge in [0, 0.05) is 30.4 Å². The van der Waals surface area contributed by atoms with Gasteiger partial charge in [-0.05, 0) is 30.7 Å². The van der Waals surface area contributed by atoms with Crippen molar-refractivity contribution in [3.8, 4) is 0 Å². The maximum absolute atomic E-state index is 6.06. The summed E-state index contributed by atoms with van der Waals surface area (Å²) in [5, 5.41) is 4.66. The lowest BCUT2D eigenvalue weighted by Crippen LogP contribution is -2.24. The normalized spacial score (nSPS) is 15.5. The molecule has 0 atom stereocenters. The van der Waals surface area contributed by atoms with Gasteiger partial charge in [-0.25, -0.2) is 0 Å². The molecule has 2 heterocycles. The summed E-state index contributed by atoms with van der Waals surface area (Å²) in [7, 11) is 2.12. The Hall–Kier alpha value is -1.48. The standard InChI is InChI=1S/C12H15N3/c1-15-10-4-2-3-9(13)12(10)8-5-6-14-7-11(8)15/h2-4,14H,5-7,13H2,1H3. The van der Waals surface area contributed by atoms with E-state index in [-0.39, 0.29) is 0 Å². The Balaban J connectivity index is 2.44. The molecule has 3 N–H and O–H groups in total. The van der Waals surface area contributed by atoms with Gasteiger partial charge in [-0.3, -0.25) is 0 Å². The Morgan fingerprint density at radius 1 is 1.40 bits per heavy atom. The Kier molecular flexibility index (Phi) is 1.76. The minimum atomic E-state index is 0.909. The molecule has 3 heteroatoms. The highest BCUT2D eigenvalue weighted by molar-refractivity contribution is 5.95. The van der Waals surface area contributed by atoms with Crippen LogP contribution >= 0.6 is 0 Å². The maximum Gasteiger partial charge on any atom is 0.0504 e. The number of rotatable bonds is 0. The third-order valence-electron chi connectivity index (χ3n) is 3.34. The second kappa shape index (κ2) is 3.00. The predicted molar refractivity (Wildman–Crippen MR) is 62.7 cm³/mol. The number of nitrogen functional groups attached to an aromatic ring is 1. The van der Waals surface area contributed by atoms with E-state index in [4.69, 9.17) is 5.73 Å². The topological polar surface area (TPSA) is 43.0 Å². The third kappa shape index (κ3) is 1.10. The van der Waals surface area contributed by atoms with Crippen molar-refractivity contribution in [1.82, 2.24) is 9.88 Å².